The van der Waals surface area contributed by atoms with Crippen LogP contribution in [0.2, 0.25) is 0 Å². The van der Waals surface area contributed by atoms with Crippen LogP contribution in [0.5, 0.6) is 0 Å². The van der Waals surface area contributed by atoms with E-state index in [2.05, 4.69) is 13.8 Å². The Hall–Kier alpha value is -0.0800. The Bertz CT molecular complexity index is 229. The van der Waals surface area contributed by atoms with Gasteiger partial charge >= 0.3 is 0 Å². The molecule has 2 fully saturated rings. The normalized spacial score (nSPS) is 29.1. The molecule has 2 heteroatoms. The van der Waals surface area contributed by atoms with E-state index in [4.69, 9.17) is 10.5 Å². The summed E-state index contributed by atoms with van der Waals surface area (Å²) in [5, 5.41) is 0. The zero-order valence-electron chi connectivity index (χ0n) is 10.9. The highest BCUT2D eigenvalue weighted by molar-refractivity contribution is 4.95. The largest absolute Gasteiger partial charge is 0.372 e. The van der Waals surface area contributed by atoms with Crippen molar-refractivity contribution in [3.63, 3.8) is 0 Å². The van der Waals surface area contributed by atoms with Gasteiger partial charge in [0.25, 0.3) is 0 Å². The summed E-state index contributed by atoms with van der Waals surface area (Å²) < 4.78 is 6.33. The quantitative estimate of drug-likeness (QED) is 0.796. The number of rotatable bonds is 4. The molecular formula is C14H27NO. The number of hydrogen-bond donors (Lipinski definition) is 1. The van der Waals surface area contributed by atoms with Crippen LogP contribution in [0.1, 0.15) is 71.6 Å². The summed E-state index contributed by atoms with van der Waals surface area (Å²) in [7, 11) is 0. The molecule has 0 radical (unpaired) electrons. The predicted molar refractivity (Wildman–Crippen MR) is 67.4 cm³/mol. The van der Waals surface area contributed by atoms with E-state index in [0.717, 1.165) is 19.3 Å². The van der Waals surface area contributed by atoms with Crippen LogP contribution in [0.4, 0.5) is 0 Å². The summed E-state index contributed by atoms with van der Waals surface area (Å²) in [5.74, 6) is 0. The zero-order valence-corrected chi connectivity index (χ0v) is 10.9. The zero-order chi connectivity index (χ0) is 11.6. The Morgan fingerprint density at radius 1 is 1.19 bits per heavy atom. The van der Waals surface area contributed by atoms with E-state index >= 15 is 0 Å². The third kappa shape index (κ3) is 2.43. The topological polar surface area (TPSA) is 35.2 Å². The predicted octanol–water partition coefficient (Wildman–Crippen LogP) is 3.39. The fraction of sp³-hybridized carbons (Fsp3) is 1.00. The minimum Gasteiger partial charge on any atom is -0.372 e. The SMILES string of the molecule is CCC(N)(CC)CC1CCC2(CCCC2)O1. The van der Waals surface area contributed by atoms with Crippen LogP contribution in [0.15, 0.2) is 0 Å². The van der Waals surface area contributed by atoms with E-state index in [-0.39, 0.29) is 11.1 Å². The Morgan fingerprint density at radius 2 is 1.81 bits per heavy atom. The second kappa shape index (κ2) is 4.66. The average Bonchev–Trinajstić information content (AvgIpc) is 2.90. The van der Waals surface area contributed by atoms with E-state index in [1.807, 2.05) is 0 Å². The number of nitrogens with two attached hydrogens (primary N) is 1. The summed E-state index contributed by atoms with van der Waals surface area (Å²) in [6.07, 6.45) is 11.4. The van der Waals surface area contributed by atoms with Crippen molar-refractivity contribution in [2.24, 2.45) is 5.73 Å². The molecule has 2 aliphatic rings. The van der Waals surface area contributed by atoms with Crippen molar-refractivity contribution >= 4 is 0 Å². The van der Waals surface area contributed by atoms with Crippen molar-refractivity contribution in [3.05, 3.63) is 0 Å². The summed E-state index contributed by atoms with van der Waals surface area (Å²) in [4.78, 5) is 0. The fourth-order valence-electron chi connectivity index (χ4n) is 3.42. The molecule has 16 heavy (non-hydrogen) atoms. The van der Waals surface area contributed by atoms with Crippen LogP contribution >= 0.6 is 0 Å². The molecule has 0 aromatic heterocycles. The molecule has 1 saturated carbocycles. The lowest BCUT2D eigenvalue weighted by molar-refractivity contribution is -0.0466. The maximum atomic E-state index is 6.38. The van der Waals surface area contributed by atoms with E-state index in [0.29, 0.717) is 6.10 Å². The molecule has 1 atom stereocenters. The van der Waals surface area contributed by atoms with Gasteiger partial charge in [0.05, 0.1) is 11.7 Å². The van der Waals surface area contributed by atoms with Gasteiger partial charge in [-0.1, -0.05) is 26.7 Å². The van der Waals surface area contributed by atoms with E-state index in [9.17, 15) is 0 Å². The third-order valence-corrected chi connectivity index (χ3v) is 4.90. The molecule has 0 bridgehead atoms. The van der Waals surface area contributed by atoms with Gasteiger partial charge in [-0.15, -0.1) is 0 Å². The van der Waals surface area contributed by atoms with E-state index in [1.54, 1.807) is 0 Å². The summed E-state index contributed by atoms with van der Waals surface area (Å²) in [6, 6.07) is 0. The maximum Gasteiger partial charge on any atom is 0.0687 e. The first kappa shape index (κ1) is 12.4. The molecule has 2 rings (SSSR count). The molecule has 1 spiro atoms. The molecule has 0 aromatic carbocycles. The minimum absolute atomic E-state index is 0.00873. The van der Waals surface area contributed by atoms with Gasteiger partial charge in [-0.2, -0.15) is 0 Å². The first-order valence-corrected chi connectivity index (χ1v) is 7.08. The maximum absolute atomic E-state index is 6.38. The molecule has 0 amide bonds. The first-order chi connectivity index (χ1) is 7.61. The van der Waals surface area contributed by atoms with Crippen LogP contribution in [0, 0.1) is 0 Å². The van der Waals surface area contributed by atoms with Gasteiger partial charge in [0, 0.05) is 5.54 Å². The van der Waals surface area contributed by atoms with Crippen molar-refractivity contribution < 1.29 is 4.74 Å². The molecule has 1 aliphatic carbocycles. The summed E-state index contributed by atoms with van der Waals surface area (Å²) in [6.45, 7) is 4.40. The lowest BCUT2D eigenvalue weighted by atomic mass is 9.87. The van der Waals surface area contributed by atoms with Gasteiger partial charge in [0.1, 0.15) is 0 Å². The van der Waals surface area contributed by atoms with Gasteiger partial charge in [0.2, 0.25) is 0 Å². The third-order valence-electron chi connectivity index (χ3n) is 4.90. The smallest absolute Gasteiger partial charge is 0.0687 e. The van der Waals surface area contributed by atoms with Crippen LogP contribution < -0.4 is 5.73 Å². The minimum atomic E-state index is 0.00873. The van der Waals surface area contributed by atoms with E-state index in [1.165, 1.54) is 38.5 Å². The van der Waals surface area contributed by atoms with Gasteiger partial charge in [0.15, 0.2) is 0 Å². The Kier molecular flexibility index (Phi) is 3.60. The van der Waals surface area contributed by atoms with Crippen LogP contribution in [-0.2, 0) is 4.74 Å². The molecule has 1 aliphatic heterocycles. The van der Waals surface area contributed by atoms with Crippen molar-refractivity contribution in [1.82, 2.24) is 0 Å². The van der Waals surface area contributed by atoms with Crippen molar-refractivity contribution in [2.45, 2.75) is 88.9 Å². The van der Waals surface area contributed by atoms with Crippen LogP contribution in [0.3, 0.4) is 0 Å². The van der Waals surface area contributed by atoms with Gasteiger partial charge < -0.3 is 10.5 Å². The monoisotopic (exact) mass is 225 g/mol. The summed E-state index contributed by atoms with van der Waals surface area (Å²) >= 11 is 0. The molecule has 0 aromatic rings. The van der Waals surface area contributed by atoms with Gasteiger partial charge in [-0.05, 0) is 44.9 Å². The second-order valence-corrected chi connectivity index (χ2v) is 5.94. The van der Waals surface area contributed by atoms with E-state index < -0.39 is 0 Å². The lowest BCUT2D eigenvalue weighted by Gasteiger charge is -2.31. The van der Waals surface area contributed by atoms with Crippen molar-refractivity contribution in [2.75, 3.05) is 0 Å². The molecule has 1 unspecified atom stereocenters. The number of ether oxygens (including phenoxy) is 1. The fourth-order valence-corrected chi connectivity index (χ4v) is 3.42. The molecule has 94 valence electrons. The van der Waals surface area contributed by atoms with Crippen LogP contribution in [0.25, 0.3) is 0 Å². The number of hydrogen-bond acceptors (Lipinski definition) is 2. The Morgan fingerprint density at radius 3 is 2.38 bits per heavy atom. The molecule has 2 N–H and O–H groups in total. The highest BCUT2D eigenvalue weighted by Crippen LogP contribution is 2.45. The van der Waals surface area contributed by atoms with Gasteiger partial charge in [-0.25, -0.2) is 0 Å². The first-order valence-electron chi connectivity index (χ1n) is 7.08. The highest BCUT2D eigenvalue weighted by atomic mass is 16.5. The highest BCUT2D eigenvalue weighted by Gasteiger charge is 2.43. The Balaban J connectivity index is 1.89. The van der Waals surface area contributed by atoms with Crippen molar-refractivity contribution in [3.8, 4) is 0 Å². The average molecular weight is 225 g/mol. The summed E-state index contributed by atoms with van der Waals surface area (Å²) in [5.41, 5.74) is 6.66. The van der Waals surface area contributed by atoms with Crippen LogP contribution in [-0.4, -0.2) is 17.2 Å². The molecule has 1 heterocycles. The Labute approximate surface area is 99.9 Å². The molecular weight excluding hydrogens is 198 g/mol. The van der Waals surface area contributed by atoms with Crippen molar-refractivity contribution in [1.29, 1.82) is 0 Å². The molecule has 1 saturated heterocycles. The standard InChI is InChI=1S/C14H27NO/c1-3-13(15,4-2)11-12-7-10-14(16-12)8-5-6-9-14/h12H,3-11,15H2,1-2H3. The lowest BCUT2D eigenvalue weighted by Crippen LogP contribution is -2.42. The molecule has 2 nitrogen and oxygen atoms in total. The van der Waals surface area contributed by atoms with Gasteiger partial charge in [-0.3, -0.25) is 0 Å². The second-order valence-electron chi connectivity index (χ2n) is 5.94.